The second kappa shape index (κ2) is 9.57. The zero-order valence-corrected chi connectivity index (χ0v) is 18.2. The van der Waals surface area contributed by atoms with Crippen LogP contribution in [0.1, 0.15) is 24.5 Å². The van der Waals surface area contributed by atoms with E-state index >= 15 is 0 Å². The predicted octanol–water partition coefficient (Wildman–Crippen LogP) is 6.03. The fourth-order valence-electron chi connectivity index (χ4n) is 2.71. The number of thioether (sulfide) groups is 1. The molecule has 0 N–H and O–H groups in total. The van der Waals surface area contributed by atoms with Crippen molar-refractivity contribution in [1.82, 2.24) is 4.90 Å². The first-order chi connectivity index (χ1) is 13.9. The number of ether oxygens (including phenoxy) is 2. The molecule has 0 atom stereocenters. The second-order valence-electron chi connectivity index (χ2n) is 6.28. The van der Waals surface area contributed by atoms with Crippen molar-refractivity contribution < 1.29 is 19.1 Å². The van der Waals surface area contributed by atoms with Gasteiger partial charge in [-0.3, -0.25) is 14.5 Å². The molecule has 0 aliphatic carbocycles. The summed E-state index contributed by atoms with van der Waals surface area (Å²) in [6.07, 6.45) is 2.56. The van der Waals surface area contributed by atoms with E-state index in [1.54, 1.807) is 43.5 Å². The number of imide groups is 1. The van der Waals surface area contributed by atoms with Crippen LogP contribution in [0.5, 0.6) is 11.5 Å². The first-order valence-corrected chi connectivity index (χ1v) is 10.5. The van der Waals surface area contributed by atoms with Gasteiger partial charge < -0.3 is 9.47 Å². The zero-order chi connectivity index (χ0) is 21.0. The third-order valence-corrected chi connectivity index (χ3v) is 5.79. The molecule has 0 radical (unpaired) electrons. The molecule has 0 unspecified atom stereocenters. The van der Waals surface area contributed by atoms with E-state index in [4.69, 9.17) is 32.7 Å². The Bertz CT molecular complexity index is 977. The second-order valence-corrected chi connectivity index (χ2v) is 8.08. The molecule has 0 saturated carbocycles. The predicted molar refractivity (Wildman–Crippen MR) is 117 cm³/mol. The number of carbonyl (C=O) groups excluding carboxylic acids is 2. The highest BCUT2D eigenvalue weighted by Gasteiger charge is 2.35. The van der Waals surface area contributed by atoms with E-state index in [2.05, 4.69) is 0 Å². The van der Waals surface area contributed by atoms with Gasteiger partial charge in [-0.1, -0.05) is 42.3 Å². The van der Waals surface area contributed by atoms with Crippen molar-refractivity contribution in [3.8, 4) is 11.5 Å². The number of carbonyl (C=O) groups is 2. The highest BCUT2D eigenvalue weighted by Crippen LogP contribution is 2.35. The third-order valence-electron chi connectivity index (χ3n) is 4.15. The Morgan fingerprint density at radius 1 is 1.07 bits per heavy atom. The lowest BCUT2D eigenvalue weighted by atomic mass is 10.1. The van der Waals surface area contributed by atoms with Gasteiger partial charge in [0.15, 0.2) is 11.5 Å². The van der Waals surface area contributed by atoms with Crippen molar-refractivity contribution in [2.24, 2.45) is 0 Å². The van der Waals surface area contributed by atoms with Crippen LogP contribution in [0.2, 0.25) is 10.0 Å². The normalized spacial score (nSPS) is 15.3. The van der Waals surface area contributed by atoms with Crippen LogP contribution in [-0.2, 0) is 11.3 Å². The first-order valence-electron chi connectivity index (χ1n) is 8.93. The van der Waals surface area contributed by atoms with Crippen LogP contribution in [0.25, 0.3) is 6.08 Å². The van der Waals surface area contributed by atoms with Gasteiger partial charge in [0.1, 0.15) is 0 Å². The van der Waals surface area contributed by atoms with Crippen molar-refractivity contribution in [2.75, 3.05) is 13.7 Å². The molecular weight excluding hydrogens is 433 g/mol. The maximum Gasteiger partial charge on any atom is 0.293 e. The van der Waals surface area contributed by atoms with Gasteiger partial charge in [0.25, 0.3) is 11.1 Å². The number of hydrogen-bond donors (Lipinski definition) is 0. The van der Waals surface area contributed by atoms with Gasteiger partial charge in [0.05, 0.1) is 35.2 Å². The minimum absolute atomic E-state index is 0.131. The number of halogens is 2. The fourth-order valence-corrected chi connectivity index (χ4v) is 3.87. The number of methoxy groups -OCH3 is 1. The van der Waals surface area contributed by atoms with E-state index in [-0.39, 0.29) is 17.7 Å². The van der Waals surface area contributed by atoms with Crippen LogP contribution in [0.4, 0.5) is 4.79 Å². The summed E-state index contributed by atoms with van der Waals surface area (Å²) < 4.78 is 11.0. The average Bonchev–Trinajstić information content (AvgIpc) is 2.97. The van der Waals surface area contributed by atoms with Gasteiger partial charge in [-0.2, -0.15) is 0 Å². The maximum atomic E-state index is 12.7. The van der Waals surface area contributed by atoms with Crippen molar-refractivity contribution in [3.05, 3.63) is 62.5 Å². The summed E-state index contributed by atoms with van der Waals surface area (Å²) in [5.41, 5.74) is 1.47. The number of benzene rings is 2. The number of rotatable bonds is 7. The van der Waals surface area contributed by atoms with E-state index in [1.165, 1.54) is 4.90 Å². The fraction of sp³-hybridized carbons (Fsp3) is 0.238. The molecule has 1 aliphatic heterocycles. The first kappa shape index (κ1) is 21.6. The van der Waals surface area contributed by atoms with Crippen LogP contribution in [-0.4, -0.2) is 29.8 Å². The largest absolute Gasteiger partial charge is 0.493 e. The van der Waals surface area contributed by atoms with Gasteiger partial charge in [-0.15, -0.1) is 0 Å². The summed E-state index contributed by atoms with van der Waals surface area (Å²) in [6.45, 7) is 2.74. The summed E-state index contributed by atoms with van der Waals surface area (Å²) in [5.74, 6) is 0.859. The molecule has 0 spiro atoms. The molecule has 0 bridgehead atoms. The summed E-state index contributed by atoms with van der Waals surface area (Å²) in [5, 5.41) is 0.469. The van der Waals surface area contributed by atoms with E-state index in [0.717, 1.165) is 29.3 Å². The molecule has 152 valence electrons. The standard InChI is InChI=1S/C21H19Cl2NO4S/c1-3-8-28-17-7-5-13(10-18(17)27-2)11-19-20(25)24(21(26)29-19)12-14-4-6-15(22)16(23)9-14/h4-7,9-11H,3,8,12H2,1-2H3/b19-11-. The SMILES string of the molecule is CCCOc1ccc(/C=C2\SC(=O)N(Cc3ccc(Cl)c(Cl)c3)C2=O)cc1OC. The monoisotopic (exact) mass is 451 g/mol. The molecule has 2 aromatic carbocycles. The lowest BCUT2D eigenvalue weighted by molar-refractivity contribution is -0.123. The molecule has 0 aromatic heterocycles. The van der Waals surface area contributed by atoms with Gasteiger partial charge in [-0.25, -0.2) is 0 Å². The van der Waals surface area contributed by atoms with E-state index in [0.29, 0.717) is 33.1 Å². The minimum Gasteiger partial charge on any atom is -0.493 e. The van der Waals surface area contributed by atoms with Gasteiger partial charge in [-0.05, 0) is 59.7 Å². The van der Waals surface area contributed by atoms with Crippen LogP contribution in [0, 0.1) is 0 Å². The maximum absolute atomic E-state index is 12.7. The van der Waals surface area contributed by atoms with Crippen molar-refractivity contribution >= 4 is 52.2 Å². The van der Waals surface area contributed by atoms with Crippen LogP contribution in [0.15, 0.2) is 41.3 Å². The Balaban J connectivity index is 1.79. The van der Waals surface area contributed by atoms with Crippen molar-refractivity contribution in [1.29, 1.82) is 0 Å². The van der Waals surface area contributed by atoms with E-state index < -0.39 is 0 Å². The summed E-state index contributed by atoms with van der Waals surface area (Å²) >= 11 is 12.8. The summed E-state index contributed by atoms with van der Waals surface area (Å²) in [6, 6.07) is 10.4. The minimum atomic E-state index is -0.351. The molecule has 29 heavy (non-hydrogen) atoms. The summed E-state index contributed by atoms with van der Waals surface area (Å²) in [7, 11) is 1.56. The molecule has 8 heteroatoms. The molecule has 3 rings (SSSR count). The Morgan fingerprint density at radius 3 is 2.55 bits per heavy atom. The number of nitrogens with zero attached hydrogens (tertiary/aromatic N) is 1. The van der Waals surface area contributed by atoms with Crippen LogP contribution in [0.3, 0.4) is 0 Å². The third kappa shape index (κ3) is 5.07. The molecular formula is C21H19Cl2NO4S. The van der Waals surface area contributed by atoms with Gasteiger partial charge >= 0.3 is 0 Å². The molecule has 1 aliphatic rings. The Morgan fingerprint density at radius 2 is 1.86 bits per heavy atom. The number of hydrogen-bond acceptors (Lipinski definition) is 5. The molecule has 2 aromatic rings. The Kier molecular flexibility index (Phi) is 7.11. The molecule has 1 heterocycles. The number of amides is 2. The van der Waals surface area contributed by atoms with Crippen LogP contribution >= 0.6 is 35.0 Å². The Hall–Kier alpha value is -2.15. The lowest BCUT2D eigenvalue weighted by Crippen LogP contribution is -2.27. The molecule has 1 saturated heterocycles. The summed E-state index contributed by atoms with van der Waals surface area (Å²) in [4.78, 5) is 26.6. The van der Waals surface area contributed by atoms with Gasteiger partial charge in [0, 0.05) is 0 Å². The molecule has 2 amide bonds. The average molecular weight is 452 g/mol. The molecule has 1 fully saturated rings. The smallest absolute Gasteiger partial charge is 0.293 e. The quantitative estimate of drug-likeness (QED) is 0.481. The lowest BCUT2D eigenvalue weighted by Gasteiger charge is -2.13. The zero-order valence-electron chi connectivity index (χ0n) is 15.9. The Labute approximate surface area is 183 Å². The van der Waals surface area contributed by atoms with Crippen LogP contribution < -0.4 is 9.47 Å². The van der Waals surface area contributed by atoms with E-state index in [1.807, 2.05) is 13.0 Å². The van der Waals surface area contributed by atoms with Crippen molar-refractivity contribution in [2.45, 2.75) is 19.9 Å². The van der Waals surface area contributed by atoms with E-state index in [9.17, 15) is 9.59 Å². The highest BCUT2D eigenvalue weighted by atomic mass is 35.5. The highest BCUT2D eigenvalue weighted by molar-refractivity contribution is 8.18. The van der Waals surface area contributed by atoms with Crippen molar-refractivity contribution in [3.63, 3.8) is 0 Å². The molecule has 5 nitrogen and oxygen atoms in total. The van der Waals surface area contributed by atoms with Gasteiger partial charge in [0.2, 0.25) is 0 Å². The topological polar surface area (TPSA) is 55.8 Å².